The Morgan fingerprint density at radius 2 is 2.00 bits per heavy atom. The number of hydrogen-bond acceptors (Lipinski definition) is 8. The van der Waals surface area contributed by atoms with Crippen LogP contribution in [0.5, 0.6) is 0 Å². The SMILES string of the molecule is C/C=C1\NC(=O)c2ccc(F)c(n2)CNC(=O)C[C@@H](/C=C/CCSC(C)=O)OC(=O)C(CC)NC1=O. The third-order valence-electron chi connectivity index (χ3n) is 4.98. The van der Waals surface area contributed by atoms with E-state index in [4.69, 9.17) is 4.74 Å². The van der Waals surface area contributed by atoms with Crippen molar-refractivity contribution in [2.45, 2.75) is 58.7 Å². The van der Waals surface area contributed by atoms with Crippen LogP contribution in [0, 0.1) is 5.82 Å². The number of carbonyl (C=O) groups excluding carboxylic acids is 5. The second-order valence-corrected chi connectivity index (χ2v) is 9.00. The van der Waals surface area contributed by atoms with Gasteiger partial charge in [-0.2, -0.15) is 0 Å². The Kier molecular flexibility index (Phi) is 11.3. The molecule has 12 heteroatoms. The molecule has 194 valence electrons. The highest BCUT2D eigenvalue weighted by Crippen LogP contribution is 2.11. The van der Waals surface area contributed by atoms with E-state index in [1.807, 2.05) is 0 Å². The lowest BCUT2D eigenvalue weighted by Crippen LogP contribution is -2.46. The summed E-state index contributed by atoms with van der Waals surface area (Å²) < 4.78 is 19.7. The molecule has 1 aromatic heterocycles. The first-order valence-electron chi connectivity index (χ1n) is 11.4. The predicted octanol–water partition coefficient (Wildman–Crippen LogP) is 1.91. The van der Waals surface area contributed by atoms with Crippen LogP contribution in [0.3, 0.4) is 0 Å². The maximum atomic E-state index is 14.2. The molecule has 0 saturated carbocycles. The molecule has 2 heterocycles. The Morgan fingerprint density at radius 3 is 2.67 bits per heavy atom. The largest absolute Gasteiger partial charge is 0.456 e. The lowest BCUT2D eigenvalue weighted by atomic mass is 10.1. The zero-order chi connectivity index (χ0) is 26.7. The van der Waals surface area contributed by atoms with Gasteiger partial charge in [0.05, 0.1) is 18.7 Å². The van der Waals surface area contributed by atoms with Crippen molar-refractivity contribution in [3.8, 4) is 0 Å². The molecule has 1 aliphatic heterocycles. The number of cyclic esters (lactones) is 1. The van der Waals surface area contributed by atoms with Crippen LogP contribution in [0.2, 0.25) is 0 Å². The van der Waals surface area contributed by atoms with Gasteiger partial charge >= 0.3 is 5.97 Å². The number of pyridine rings is 1. The first kappa shape index (κ1) is 28.7. The first-order valence-corrected chi connectivity index (χ1v) is 12.3. The lowest BCUT2D eigenvalue weighted by molar-refractivity contribution is -0.151. The molecule has 0 spiro atoms. The van der Waals surface area contributed by atoms with E-state index in [0.717, 1.165) is 23.9 Å². The number of rotatable bonds is 5. The van der Waals surface area contributed by atoms with Gasteiger partial charge in [0.1, 0.15) is 29.4 Å². The lowest BCUT2D eigenvalue weighted by Gasteiger charge is -2.21. The molecular weight excluding hydrogens is 491 g/mol. The first-order chi connectivity index (χ1) is 17.1. The van der Waals surface area contributed by atoms with Crippen LogP contribution in [0.15, 0.2) is 36.1 Å². The van der Waals surface area contributed by atoms with E-state index >= 15 is 0 Å². The van der Waals surface area contributed by atoms with Crippen molar-refractivity contribution in [3.05, 3.63) is 53.3 Å². The second kappa shape index (κ2) is 14.1. The smallest absolute Gasteiger partial charge is 0.329 e. The molecule has 1 unspecified atom stereocenters. The third-order valence-corrected chi connectivity index (χ3v) is 5.82. The number of esters is 1. The molecule has 3 amide bonds. The molecule has 0 aliphatic carbocycles. The predicted molar refractivity (Wildman–Crippen MR) is 131 cm³/mol. The van der Waals surface area contributed by atoms with Gasteiger partial charge in [-0.3, -0.25) is 19.2 Å². The van der Waals surface area contributed by atoms with Gasteiger partial charge in [0.25, 0.3) is 11.8 Å². The van der Waals surface area contributed by atoms with Crippen molar-refractivity contribution in [1.82, 2.24) is 20.9 Å². The average Bonchev–Trinajstić information content (AvgIpc) is 2.83. The molecule has 10 nitrogen and oxygen atoms in total. The van der Waals surface area contributed by atoms with Crippen molar-refractivity contribution in [3.63, 3.8) is 0 Å². The fourth-order valence-electron chi connectivity index (χ4n) is 3.08. The van der Waals surface area contributed by atoms with Crippen LogP contribution >= 0.6 is 11.8 Å². The summed E-state index contributed by atoms with van der Waals surface area (Å²) in [5.74, 6) is -3.01. The summed E-state index contributed by atoms with van der Waals surface area (Å²) in [6, 6.07) is 1.16. The van der Waals surface area contributed by atoms with Gasteiger partial charge in [-0.05, 0) is 38.0 Å². The molecule has 2 bridgehead atoms. The average molecular weight is 521 g/mol. The van der Waals surface area contributed by atoms with Crippen LogP contribution in [0.1, 0.15) is 56.2 Å². The minimum atomic E-state index is -1.04. The van der Waals surface area contributed by atoms with Crippen LogP contribution in [-0.4, -0.2) is 51.7 Å². The van der Waals surface area contributed by atoms with Gasteiger partial charge in [0, 0.05) is 12.7 Å². The summed E-state index contributed by atoms with van der Waals surface area (Å²) in [4.78, 5) is 65.7. The van der Waals surface area contributed by atoms with E-state index in [-0.39, 0.29) is 41.6 Å². The Labute approximate surface area is 212 Å². The number of ether oxygens (including phenoxy) is 1. The summed E-state index contributed by atoms with van der Waals surface area (Å²) in [7, 11) is 0. The van der Waals surface area contributed by atoms with E-state index in [1.54, 1.807) is 13.0 Å². The second-order valence-electron chi connectivity index (χ2n) is 7.73. The van der Waals surface area contributed by atoms with Crippen molar-refractivity contribution in [2.24, 2.45) is 0 Å². The summed E-state index contributed by atoms with van der Waals surface area (Å²) >= 11 is 1.14. The number of hydrogen-bond donors (Lipinski definition) is 3. The highest BCUT2D eigenvalue weighted by atomic mass is 32.2. The maximum absolute atomic E-state index is 14.2. The molecule has 1 aromatic rings. The molecule has 0 aromatic carbocycles. The number of amides is 3. The van der Waals surface area contributed by atoms with Gasteiger partial charge in [-0.1, -0.05) is 30.8 Å². The fraction of sp³-hybridized carbons (Fsp3) is 0.417. The quantitative estimate of drug-likeness (QED) is 0.231. The van der Waals surface area contributed by atoms with Gasteiger partial charge < -0.3 is 20.7 Å². The van der Waals surface area contributed by atoms with Crippen molar-refractivity contribution in [1.29, 1.82) is 0 Å². The Hall–Kier alpha value is -3.54. The zero-order valence-corrected chi connectivity index (χ0v) is 21.1. The molecule has 0 saturated heterocycles. The number of nitrogens with one attached hydrogen (secondary N) is 3. The highest BCUT2D eigenvalue weighted by molar-refractivity contribution is 8.13. The van der Waals surface area contributed by atoms with E-state index in [1.165, 1.54) is 26.0 Å². The van der Waals surface area contributed by atoms with Crippen molar-refractivity contribution < 1.29 is 33.1 Å². The highest BCUT2D eigenvalue weighted by Gasteiger charge is 2.26. The summed E-state index contributed by atoms with van der Waals surface area (Å²) in [5.41, 5.74) is -0.458. The molecule has 0 radical (unpaired) electrons. The standard InChI is InChI=1S/C24H29FN4O6S/c1-4-17-22(32)29-18(5-2)24(34)35-15(8-6-7-11-36-14(3)30)12-21(31)26-13-20-16(25)9-10-19(27-20)23(33)28-17/h4,6,8-10,15,18H,5,7,11-13H2,1-3H3,(H,26,31)(H,28,33)(H,29,32)/b8-6+,17-4-/t15-,18?/m1/s1. The molecule has 1 aliphatic rings. The van der Waals surface area contributed by atoms with Gasteiger partial charge in [0.2, 0.25) is 5.91 Å². The number of nitrogens with zero attached hydrogens (tertiary/aromatic N) is 1. The fourth-order valence-corrected chi connectivity index (χ4v) is 3.62. The van der Waals surface area contributed by atoms with Crippen LogP contribution < -0.4 is 16.0 Å². The van der Waals surface area contributed by atoms with Crippen LogP contribution in [0.25, 0.3) is 0 Å². The van der Waals surface area contributed by atoms with Gasteiger partial charge in [-0.15, -0.1) is 0 Å². The Balaban J connectivity index is 2.33. The minimum Gasteiger partial charge on any atom is -0.456 e. The maximum Gasteiger partial charge on any atom is 0.329 e. The van der Waals surface area contributed by atoms with Gasteiger partial charge in [0.15, 0.2) is 5.12 Å². The molecule has 2 rings (SSSR count). The van der Waals surface area contributed by atoms with Crippen molar-refractivity contribution in [2.75, 3.05) is 5.75 Å². The summed E-state index contributed by atoms with van der Waals surface area (Å²) in [5, 5.41) is 7.40. The summed E-state index contributed by atoms with van der Waals surface area (Å²) in [6.45, 7) is 4.34. The number of carbonyl (C=O) groups is 5. The molecule has 3 N–H and O–H groups in total. The number of aromatic nitrogens is 1. The monoisotopic (exact) mass is 520 g/mol. The number of allylic oxidation sites excluding steroid dienone is 2. The molecule has 2 atom stereocenters. The van der Waals surface area contributed by atoms with E-state index in [9.17, 15) is 28.4 Å². The topological polar surface area (TPSA) is 144 Å². The van der Waals surface area contributed by atoms with Crippen molar-refractivity contribution >= 4 is 40.6 Å². The van der Waals surface area contributed by atoms with Gasteiger partial charge in [-0.25, -0.2) is 14.2 Å². The number of halogens is 1. The van der Waals surface area contributed by atoms with Crippen LogP contribution in [-0.2, 0) is 30.5 Å². The normalized spacial score (nSPS) is 21.1. The minimum absolute atomic E-state index is 0.0259. The number of fused-ring (bicyclic) bond motifs is 2. The molecule has 36 heavy (non-hydrogen) atoms. The Morgan fingerprint density at radius 1 is 1.25 bits per heavy atom. The zero-order valence-electron chi connectivity index (χ0n) is 20.3. The summed E-state index contributed by atoms with van der Waals surface area (Å²) in [6.07, 6.45) is 4.03. The van der Waals surface area contributed by atoms with E-state index in [2.05, 4.69) is 20.9 Å². The Bertz CT molecular complexity index is 1070. The third kappa shape index (κ3) is 8.91. The van der Waals surface area contributed by atoms with Crippen LogP contribution in [0.4, 0.5) is 4.39 Å². The molecular formula is C24H29FN4O6S. The number of thioether (sulfide) groups is 1. The van der Waals surface area contributed by atoms with E-state index in [0.29, 0.717) is 12.2 Å². The van der Waals surface area contributed by atoms with E-state index < -0.39 is 41.7 Å². The molecule has 0 fully saturated rings.